The Morgan fingerprint density at radius 1 is 1.57 bits per heavy atom. The van der Waals surface area contributed by atoms with E-state index in [1.54, 1.807) is 13.1 Å². The van der Waals surface area contributed by atoms with E-state index >= 15 is 0 Å². The Kier molecular flexibility index (Phi) is 1.88. The molecule has 72 valence electrons. The van der Waals surface area contributed by atoms with Crippen LogP contribution >= 0.6 is 0 Å². The van der Waals surface area contributed by atoms with Gasteiger partial charge in [0, 0.05) is 18.0 Å². The average Bonchev–Trinajstić information content (AvgIpc) is 2.62. The molecule has 2 aromatic heterocycles. The van der Waals surface area contributed by atoms with Gasteiger partial charge in [-0.3, -0.25) is 4.79 Å². The van der Waals surface area contributed by atoms with Gasteiger partial charge in [0.25, 0.3) is 5.78 Å². The van der Waals surface area contributed by atoms with Crippen LogP contribution in [0.3, 0.4) is 0 Å². The van der Waals surface area contributed by atoms with Crippen LogP contribution in [0.15, 0.2) is 18.7 Å². The number of rotatable bonds is 2. The fourth-order valence-electron chi connectivity index (χ4n) is 1.10. The zero-order valence-corrected chi connectivity index (χ0v) is 7.45. The van der Waals surface area contributed by atoms with Gasteiger partial charge >= 0.3 is 5.97 Å². The molecule has 6 nitrogen and oxygen atoms in total. The molecule has 2 rings (SSSR count). The molecule has 1 N–H and O–H groups in total. The van der Waals surface area contributed by atoms with Crippen LogP contribution in [0.1, 0.15) is 18.4 Å². The number of nitrogens with zero attached hydrogens (tertiary/aromatic N) is 4. The summed E-state index contributed by atoms with van der Waals surface area (Å²) in [5.41, 5.74) is 0.607. The van der Waals surface area contributed by atoms with Gasteiger partial charge in [0.1, 0.15) is 6.33 Å². The SMILES string of the molecule is CC(C(=O)O)c1cnc2ncnn2c1. The van der Waals surface area contributed by atoms with Crippen molar-refractivity contribution < 1.29 is 9.90 Å². The smallest absolute Gasteiger partial charge is 0.310 e. The van der Waals surface area contributed by atoms with Crippen molar-refractivity contribution in [2.45, 2.75) is 12.8 Å². The molecule has 0 bridgehead atoms. The minimum Gasteiger partial charge on any atom is -0.481 e. The lowest BCUT2D eigenvalue weighted by Crippen LogP contribution is -2.09. The fraction of sp³-hybridized carbons (Fsp3) is 0.250. The first-order chi connectivity index (χ1) is 6.68. The lowest BCUT2D eigenvalue weighted by molar-refractivity contribution is -0.138. The van der Waals surface area contributed by atoms with Gasteiger partial charge in [0.2, 0.25) is 0 Å². The third-order valence-corrected chi connectivity index (χ3v) is 2.03. The van der Waals surface area contributed by atoms with E-state index in [4.69, 9.17) is 5.11 Å². The van der Waals surface area contributed by atoms with E-state index in [9.17, 15) is 4.79 Å². The highest BCUT2D eigenvalue weighted by Gasteiger charge is 2.14. The Bertz CT molecular complexity index is 479. The van der Waals surface area contributed by atoms with Crippen LogP contribution in [0.5, 0.6) is 0 Å². The minimum absolute atomic E-state index is 0.464. The summed E-state index contributed by atoms with van der Waals surface area (Å²) in [6.07, 6.45) is 4.49. The predicted molar refractivity (Wildman–Crippen MR) is 46.8 cm³/mol. The third kappa shape index (κ3) is 1.30. The van der Waals surface area contributed by atoms with E-state index in [1.165, 1.54) is 17.0 Å². The van der Waals surface area contributed by atoms with Crippen LogP contribution in [0, 0.1) is 0 Å². The molecule has 6 heteroatoms. The number of carboxylic acid groups (broad SMARTS) is 1. The van der Waals surface area contributed by atoms with Gasteiger partial charge in [-0.15, -0.1) is 0 Å². The summed E-state index contributed by atoms with van der Waals surface area (Å²) in [5.74, 6) is -1.01. The largest absolute Gasteiger partial charge is 0.481 e. The van der Waals surface area contributed by atoms with Crippen molar-refractivity contribution in [3.63, 3.8) is 0 Å². The van der Waals surface area contributed by atoms with Crippen molar-refractivity contribution in [3.8, 4) is 0 Å². The van der Waals surface area contributed by atoms with E-state index in [1.807, 2.05) is 0 Å². The number of hydrogen-bond acceptors (Lipinski definition) is 4. The molecule has 1 unspecified atom stereocenters. The number of carboxylic acids is 1. The number of aliphatic carboxylic acids is 1. The molecule has 0 fully saturated rings. The third-order valence-electron chi connectivity index (χ3n) is 2.03. The molecule has 0 amide bonds. The quantitative estimate of drug-likeness (QED) is 0.740. The molecular formula is C8H8N4O2. The van der Waals surface area contributed by atoms with Crippen molar-refractivity contribution in [3.05, 3.63) is 24.3 Å². The second-order valence-corrected chi connectivity index (χ2v) is 2.95. The minimum atomic E-state index is -0.883. The molecule has 2 aromatic rings. The average molecular weight is 192 g/mol. The highest BCUT2D eigenvalue weighted by molar-refractivity contribution is 5.75. The second kappa shape index (κ2) is 3.06. The van der Waals surface area contributed by atoms with Crippen LogP contribution in [0.2, 0.25) is 0 Å². The molecule has 0 aliphatic carbocycles. The maximum atomic E-state index is 10.7. The van der Waals surface area contributed by atoms with Crippen molar-refractivity contribution >= 4 is 11.7 Å². The normalized spacial score (nSPS) is 12.9. The lowest BCUT2D eigenvalue weighted by atomic mass is 10.1. The van der Waals surface area contributed by atoms with E-state index < -0.39 is 11.9 Å². The van der Waals surface area contributed by atoms with Crippen LogP contribution in [-0.2, 0) is 4.79 Å². The van der Waals surface area contributed by atoms with Gasteiger partial charge < -0.3 is 5.11 Å². The first-order valence-corrected chi connectivity index (χ1v) is 4.06. The van der Waals surface area contributed by atoms with Gasteiger partial charge in [-0.2, -0.15) is 10.1 Å². The monoisotopic (exact) mass is 192 g/mol. The summed E-state index contributed by atoms with van der Waals surface area (Å²) < 4.78 is 1.45. The van der Waals surface area contributed by atoms with E-state index in [0.29, 0.717) is 11.3 Å². The number of carbonyl (C=O) groups is 1. The highest BCUT2D eigenvalue weighted by atomic mass is 16.4. The summed E-state index contributed by atoms with van der Waals surface area (Å²) in [6, 6.07) is 0. The number of aromatic nitrogens is 4. The number of hydrogen-bond donors (Lipinski definition) is 1. The summed E-state index contributed by atoms with van der Waals surface area (Å²) in [7, 11) is 0. The molecule has 0 saturated carbocycles. The molecule has 0 aliphatic heterocycles. The molecule has 0 aliphatic rings. The molecule has 0 radical (unpaired) electrons. The van der Waals surface area contributed by atoms with Crippen LogP contribution < -0.4 is 0 Å². The Balaban J connectivity index is 2.48. The summed E-state index contributed by atoms with van der Waals surface area (Å²) >= 11 is 0. The van der Waals surface area contributed by atoms with E-state index in [0.717, 1.165) is 0 Å². The molecular weight excluding hydrogens is 184 g/mol. The second-order valence-electron chi connectivity index (χ2n) is 2.95. The highest BCUT2D eigenvalue weighted by Crippen LogP contribution is 2.13. The lowest BCUT2D eigenvalue weighted by Gasteiger charge is -2.04. The predicted octanol–water partition coefficient (Wildman–Crippen LogP) is 0.312. The Morgan fingerprint density at radius 2 is 2.36 bits per heavy atom. The standard InChI is InChI=1S/C8H8N4O2/c1-5(7(13)14)6-2-9-8-10-4-11-12(8)3-6/h2-5H,1H3,(H,13,14). The van der Waals surface area contributed by atoms with E-state index in [-0.39, 0.29) is 0 Å². The van der Waals surface area contributed by atoms with Gasteiger partial charge in [-0.05, 0) is 6.92 Å². The Labute approximate surface area is 79.2 Å². The van der Waals surface area contributed by atoms with Crippen LogP contribution in [0.4, 0.5) is 0 Å². The molecule has 0 saturated heterocycles. The van der Waals surface area contributed by atoms with Gasteiger partial charge in [-0.1, -0.05) is 0 Å². The molecule has 14 heavy (non-hydrogen) atoms. The molecule has 0 spiro atoms. The Hall–Kier alpha value is -1.98. The van der Waals surface area contributed by atoms with Crippen molar-refractivity contribution in [2.24, 2.45) is 0 Å². The first-order valence-electron chi connectivity index (χ1n) is 4.06. The van der Waals surface area contributed by atoms with Crippen molar-refractivity contribution in [1.82, 2.24) is 19.6 Å². The summed E-state index contributed by atoms with van der Waals surface area (Å²) in [4.78, 5) is 18.5. The van der Waals surface area contributed by atoms with Crippen molar-refractivity contribution in [1.29, 1.82) is 0 Å². The topological polar surface area (TPSA) is 80.4 Å². The summed E-state index contributed by atoms with van der Waals surface area (Å²) in [5, 5.41) is 12.7. The summed E-state index contributed by atoms with van der Waals surface area (Å²) in [6.45, 7) is 1.60. The maximum Gasteiger partial charge on any atom is 0.310 e. The Morgan fingerprint density at radius 3 is 3.07 bits per heavy atom. The molecule has 2 heterocycles. The van der Waals surface area contributed by atoms with Gasteiger partial charge in [0.15, 0.2) is 0 Å². The van der Waals surface area contributed by atoms with Crippen LogP contribution in [0.25, 0.3) is 5.78 Å². The van der Waals surface area contributed by atoms with Gasteiger partial charge in [0.05, 0.1) is 5.92 Å². The van der Waals surface area contributed by atoms with Crippen LogP contribution in [-0.4, -0.2) is 30.7 Å². The van der Waals surface area contributed by atoms with E-state index in [2.05, 4.69) is 15.1 Å². The maximum absolute atomic E-state index is 10.7. The first kappa shape index (κ1) is 8.61. The molecule has 0 aromatic carbocycles. The van der Waals surface area contributed by atoms with Crippen molar-refractivity contribution in [2.75, 3.05) is 0 Å². The zero-order chi connectivity index (χ0) is 10.1. The number of fused-ring (bicyclic) bond motifs is 1. The molecule has 1 atom stereocenters. The zero-order valence-electron chi connectivity index (χ0n) is 7.45. The van der Waals surface area contributed by atoms with Gasteiger partial charge in [-0.25, -0.2) is 9.50 Å². The fourth-order valence-corrected chi connectivity index (χ4v) is 1.10.